The molecule has 0 fully saturated rings. The highest BCUT2D eigenvalue weighted by atomic mass is 79.9. The van der Waals surface area contributed by atoms with E-state index in [1.807, 2.05) is 24.3 Å². The van der Waals surface area contributed by atoms with Crippen LogP contribution in [0.3, 0.4) is 0 Å². The van der Waals surface area contributed by atoms with E-state index in [0.29, 0.717) is 5.56 Å². The second kappa shape index (κ2) is 8.98. The van der Waals surface area contributed by atoms with Gasteiger partial charge in [0.2, 0.25) is 0 Å². The van der Waals surface area contributed by atoms with E-state index in [1.165, 1.54) is 12.1 Å². The second-order valence-electron chi connectivity index (χ2n) is 4.86. The highest BCUT2D eigenvalue weighted by molar-refractivity contribution is 9.10. The van der Waals surface area contributed by atoms with E-state index in [4.69, 9.17) is 4.74 Å². The van der Waals surface area contributed by atoms with Crippen molar-refractivity contribution in [3.05, 3.63) is 76.0 Å². The van der Waals surface area contributed by atoms with Crippen molar-refractivity contribution in [2.45, 2.75) is 6.54 Å². The molecule has 0 bridgehead atoms. The minimum absolute atomic E-state index is 0.0395. The first kappa shape index (κ1) is 17.9. The molecule has 0 saturated carbocycles. The van der Waals surface area contributed by atoms with Crippen LogP contribution in [0, 0.1) is 5.82 Å². The zero-order valence-corrected chi connectivity index (χ0v) is 14.3. The lowest BCUT2D eigenvalue weighted by Crippen LogP contribution is -2.28. The summed E-state index contributed by atoms with van der Waals surface area (Å²) in [6.07, 6.45) is 2.83. The summed E-state index contributed by atoms with van der Waals surface area (Å²) in [5, 5.41) is 2.49. The molecular formula is C18H15BrFNO3. The number of esters is 1. The molecule has 0 atom stereocenters. The summed E-state index contributed by atoms with van der Waals surface area (Å²) in [4.78, 5) is 23.2. The van der Waals surface area contributed by atoms with E-state index >= 15 is 0 Å². The predicted molar refractivity (Wildman–Crippen MR) is 92.4 cm³/mol. The van der Waals surface area contributed by atoms with Gasteiger partial charge in [-0.3, -0.25) is 4.79 Å². The molecule has 124 valence electrons. The molecule has 6 heteroatoms. The van der Waals surface area contributed by atoms with Gasteiger partial charge in [-0.05, 0) is 29.8 Å². The molecule has 0 aliphatic heterocycles. The van der Waals surface area contributed by atoms with E-state index in [1.54, 1.807) is 24.3 Å². The Hall–Kier alpha value is -2.47. The van der Waals surface area contributed by atoms with Gasteiger partial charge >= 0.3 is 5.97 Å². The van der Waals surface area contributed by atoms with Gasteiger partial charge in [-0.1, -0.05) is 46.3 Å². The van der Waals surface area contributed by atoms with Crippen molar-refractivity contribution in [3.63, 3.8) is 0 Å². The number of benzene rings is 2. The summed E-state index contributed by atoms with van der Waals surface area (Å²) < 4.78 is 19.2. The van der Waals surface area contributed by atoms with E-state index in [0.717, 1.165) is 10.0 Å². The Balaban J connectivity index is 1.74. The van der Waals surface area contributed by atoms with Gasteiger partial charge in [0.15, 0.2) is 6.61 Å². The minimum Gasteiger partial charge on any atom is -0.452 e. The van der Waals surface area contributed by atoms with Crippen LogP contribution in [0.2, 0.25) is 0 Å². The van der Waals surface area contributed by atoms with E-state index < -0.39 is 24.3 Å². The van der Waals surface area contributed by atoms with Crippen molar-refractivity contribution in [2.24, 2.45) is 0 Å². The Morgan fingerprint density at radius 2 is 1.83 bits per heavy atom. The zero-order valence-electron chi connectivity index (χ0n) is 12.7. The Bertz CT molecular complexity index is 744. The molecule has 0 radical (unpaired) electrons. The fourth-order valence-electron chi connectivity index (χ4n) is 1.81. The van der Waals surface area contributed by atoms with Crippen LogP contribution in [-0.4, -0.2) is 18.5 Å². The van der Waals surface area contributed by atoms with Gasteiger partial charge < -0.3 is 10.1 Å². The van der Waals surface area contributed by atoms with Crippen LogP contribution in [0.5, 0.6) is 0 Å². The van der Waals surface area contributed by atoms with Gasteiger partial charge in [0.05, 0.1) is 0 Å². The molecule has 0 aromatic heterocycles. The summed E-state index contributed by atoms with van der Waals surface area (Å²) >= 11 is 3.32. The number of rotatable bonds is 6. The average molecular weight is 392 g/mol. The number of hydrogen-bond donors (Lipinski definition) is 1. The molecule has 4 nitrogen and oxygen atoms in total. The van der Waals surface area contributed by atoms with Gasteiger partial charge in [-0.2, -0.15) is 0 Å². The molecule has 1 amide bonds. The van der Waals surface area contributed by atoms with Crippen LogP contribution in [-0.2, 0) is 20.9 Å². The van der Waals surface area contributed by atoms with Crippen molar-refractivity contribution in [1.82, 2.24) is 5.32 Å². The van der Waals surface area contributed by atoms with Crippen molar-refractivity contribution < 1.29 is 18.7 Å². The summed E-state index contributed by atoms with van der Waals surface area (Å²) in [6.45, 7) is -0.379. The lowest BCUT2D eigenvalue weighted by atomic mass is 10.2. The minimum atomic E-state index is -0.626. The van der Waals surface area contributed by atoms with Crippen molar-refractivity contribution in [1.29, 1.82) is 0 Å². The molecule has 0 unspecified atom stereocenters. The number of carbonyl (C=O) groups excluding carboxylic acids is 2. The number of nitrogens with one attached hydrogen (secondary N) is 1. The summed E-state index contributed by atoms with van der Waals surface area (Å²) in [5.74, 6) is -1.52. The molecule has 0 spiro atoms. The third-order valence-corrected chi connectivity index (χ3v) is 3.59. The molecule has 2 aromatic rings. The first-order valence-corrected chi connectivity index (χ1v) is 7.94. The average Bonchev–Trinajstić information content (AvgIpc) is 2.58. The number of hydrogen-bond acceptors (Lipinski definition) is 3. The lowest BCUT2D eigenvalue weighted by molar-refractivity contribution is -0.143. The fourth-order valence-corrected chi connectivity index (χ4v) is 2.07. The predicted octanol–water partition coefficient (Wildman–Crippen LogP) is 3.46. The fraction of sp³-hybridized carbons (Fsp3) is 0.111. The molecule has 0 saturated heterocycles. The van der Waals surface area contributed by atoms with Crippen molar-refractivity contribution >= 4 is 33.9 Å². The number of ether oxygens (including phenoxy) is 1. The number of halogens is 2. The van der Waals surface area contributed by atoms with Gasteiger partial charge in [0, 0.05) is 22.7 Å². The number of carbonyl (C=O) groups is 2. The second-order valence-corrected chi connectivity index (χ2v) is 5.78. The Morgan fingerprint density at radius 1 is 1.12 bits per heavy atom. The zero-order chi connectivity index (χ0) is 17.4. The summed E-state index contributed by atoms with van der Waals surface area (Å²) in [5.41, 5.74) is 1.20. The third kappa shape index (κ3) is 5.96. The van der Waals surface area contributed by atoms with Crippen molar-refractivity contribution in [3.8, 4) is 0 Å². The maximum absolute atomic E-state index is 13.4. The summed E-state index contributed by atoms with van der Waals surface area (Å²) in [7, 11) is 0. The number of amides is 1. The van der Waals surface area contributed by atoms with E-state index in [-0.39, 0.29) is 6.54 Å². The van der Waals surface area contributed by atoms with Crippen LogP contribution in [0.4, 0.5) is 4.39 Å². The maximum Gasteiger partial charge on any atom is 0.331 e. The topological polar surface area (TPSA) is 55.4 Å². The molecule has 0 aliphatic rings. The highest BCUT2D eigenvalue weighted by Crippen LogP contribution is 2.11. The van der Waals surface area contributed by atoms with Crippen molar-refractivity contribution in [2.75, 3.05) is 6.61 Å². The molecule has 2 rings (SSSR count). The molecule has 0 aliphatic carbocycles. The Labute approximate surface area is 147 Å². The molecule has 24 heavy (non-hydrogen) atoms. The standard InChI is InChI=1S/C18H15BrFNO3/c19-15-8-5-13(6-9-15)7-10-18(23)24-12-17(22)21-11-14-3-1-2-4-16(14)20/h1-10H,11-12H2,(H,21,22)/b10-7+. The van der Waals surface area contributed by atoms with Crippen LogP contribution in [0.25, 0.3) is 6.08 Å². The van der Waals surface area contributed by atoms with E-state index in [9.17, 15) is 14.0 Å². The van der Waals surface area contributed by atoms with Crippen LogP contribution < -0.4 is 5.32 Å². The molecule has 1 N–H and O–H groups in total. The SMILES string of the molecule is O=C(COC(=O)/C=C/c1ccc(Br)cc1)NCc1ccccc1F. The maximum atomic E-state index is 13.4. The molecular weight excluding hydrogens is 377 g/mol. The highest BCUT2D eigenvalue weighted by Gasteiger charge is 2.06. The quantitative estimate of drug-likeness (QED) is 0.605. The molecule has 2 aromatic carbocycles. The Kier molecular flexibility index (Phi) is 6.69. The monoisotopic (exact) mass is 391 g/mol. The summed E-state index contributed by atoms with van der Waals surface area (Å²) in [6, 6.07) is 13.5. The largest absolute Gasteiger partial charge is 0.452 e. The first-order chi connectivity index (χ1) is 11.5. The van der Waals surface area contributed by atoms with Crippen LogP contribution >= 0.6 is 15.9 Å². The van der Waals surface area contributed by atoms with Gasteiger partial charge in [0.1, 0.15) is 5.82 Å². The lowest BCUT2D eigenvalue weighted by Gasteiger charge is -2.06. The van der Waals surface area contributed by atoms with Crippen LogP contribution in [0.15, 0.2) is 59.1 Å². The Morgan fingerprint density at radius 3 is 2.54 bits per heavy atom. The van der Waals surface area contributed by atoms with Gasteiger partial charge in [-0.25, -0.2) is 9.18 Å². The smallest absolute Gasteiger partial charge is 0.331 e. The van der Waals surface area contributed by atoms with E-state index in [2.05, 4.69) is 21.2 Å². The van der Waals surface area contributed by atoms with Gasteiger partial charge in [0.25, 0.3) is 5.91 Å². The third-order valence-electron chi connectivity index (χ3n) is 3.06. The van der Waals surface area contributed by atoms with Crippen LogP contribution in [0.1, 0.15) is 11.1 Å². The first-order valence-electron chi connectivity index (χ1n) is 7.15. The van der Waals surface area contributed by atoms with Gasteiger partial charge in [-0.15, -0.1) is 0 Å². The normalized spacial score (nSPS) is 10.6. The molecule has 0 heterocycles.